The van der Waals surface area contributed by atoms with Gasteiger partial charge in [0.1, 0.15) is 4.21 Å². The zero-order valence-electron chi connectivity index (χ0n) is 10.8. The molecule has 2 heterocycles. The molecule has 0 atom stereocenters. The van der Waals surface area contributed by atoms with E-state index in [1.54, 1.807) is 12.1 Å². The number of hydrogen-bond donors (Lipinski definition) is 2. The Labute approximate surface area is 124 Å². The van der Waals surface area contributed by atoms with Crippen molar-refractivity contribution in [2.45, 2.75) is 4.21 Å². The first-order chi connectivity index (χ1) is 9.87. The number of thiophene rings is 1. The van der Waals surface area contributed by atoms with E-state index >= 15 is 0 Å². The standard InChI is InChI=1S/C10H11N5O4S2/c1-14(7-3-2-4-12-6-7)21(18,19)9-5-8(15(16)17)10(13-11)20-9/h2-6,13H,11H2,1H3. The van der Waals surface area contributed by atoms with Crippen LogP contribution in [-0.4, -0.2) is 25.4 Å². The average Bonchev–Trinajstić information content (AvgIpc) is 2.92. The van der Waals surface area contributed by atoms with Gasteiger partial charge in [0.15, 0.2) is 5.00 Å². The number of nitrogen functional groups attached to an aromatic ring is 1. The normalized spacial score (nSPS) is 11.1. The number of nitrogens with one attached hydrogen (secondary N) is 1. The summed E-state index contributed by atoms with van der Waals surface area (Å²) in [6, 6.07) is 4.13. The number of sulfonamides is 1. The molecule has 2 aromatic rings. The predicted octanol–water partition coefficient (Wildman–Crippen LogP) is 1.16. The van der Waals surface area contributed by atoms with E-state index in [0.717, 1.165) is 10.4 Å². The maximum Gasteiger partial charge on any atom is 0.306 e. The summed E-state index contributed by atoms with van der Waals surface area (Å²) < 4.78 is 25.7. The van der Waals surface area contributed by atoms with E-state index in [0.29, 0.717) is 17.0 Å². The monoisotopic (exact) mass is 329 g/mol. The van der Waals surface area contributed by atoms with Crippen LogP contribution in [0.15, 0.2) is 34.8 Å². The predicted molar refractivity (Wildman–Crippen MR) is 78.6 cm³/mol. The highest BCUT2D eigenvalue weighted by Crippen LogP contribution is 2.38. The molecule has 0 saturated carbocycles. The first-order valence-electron chi connectivity index (χ1n) is 5.51. The largest absolute Gasteiger partial charge is 0.310 e. The van der Waals surface area contributed by atoms with Gasteiger partial charge in [0, 0.05) is 19.3 Å². The van der Waals surface area contributed by atoms with E-state index in [4.69, 9.17) is 5.84 Å². The Morgan fingerprint density at radius 3 is 2.71 bits per heavy atom. The minimum absolute atomic E-state index is 0.0295. The molecule has 2 rings (SSSR count). The molecule has 2 aromatic heterocycles. The van der Waals surface area contributed by atoms with Crippen LogP contribution in [0.5, 0.6) is 0 Å². The summed E-state index contributed by atoms with van der Waals surface area (Å²) in [6.07, 6.45) is 2.89. The van der Waals surface area contributed by atoms with Crippen LogP contribution in [0.4, 0.5) is 16.4 Å². The van der Waals surface area contributed by atoms with E-state index in [1.807, 2.05) is 0 Å². The Hall–Kier alpha value is -2.24. The number of aromatic nitrogens is 1. The SMILES string of the molecule is CN(c1cccnc1)S(=O)(=O)c1cc([N+](=O)[O-])c(NN)s1. The third-order valence-corrected chi connectivity index (χ3v) is 5.93. The van der Waals surface area contributed by atoms with Gasteiger partial charge < -0.3 is 5.43 Å². The summed E-state index contributed by atoms with van der Waals surface area (Å²) in [4.78, 5) is 14.0. The summed E-state index contributed by atoms with van der Waals surface area (Å²) in [7, 11) is -2.58. The first-order valence-corrected chi connectivity index (χ1v) is 7.77. The molecule has 3 N–H and O–H groups in total. The van der Waals surface area contributed by atoms with Crippen molar-refractivity contribution in [1.82, 2.24) is 4.98 Å². The van der Waals surface area contributed by atoms with Crippen LogP contribution < -0.4 is 15.6 Å². The van der Waals surface area contributed by atoms with E-state index in [9.17, 15) is 18.5 Å². The molecular formula is C10H11N5O4S2. The number of nitrogens with two attached hydrogens (primary N) is 1. The number of nitro groups is 1. The van der Waals surface area contributed by atoms with Crippen molar-refractivity contribution in [1.29, 1.82) is 0 Å². The van der Waals surface area contributed by atoms with E-state index < -0.39 is 14.9 Å². The van der Waals surface area contributed by atoms with Crippen molar-refractivity contribution >= 4 is 37.7 Å². The van der Waals surface area contributed by atoms with Crippen LogP contribution in [0.2, 0.25) is 0 Å². The Bertz CT molecular complexity index is 759. The molecule has 0 aromatic carbocycles. The lowest BCUT2D eigenvalue weighted by Crippen LogP contribution is -2.25. The minimum Gasteiger partial charge on any atom is -0.310 e. The maximum absolute atomic E-state index is 12.5. The number of pyridine rings is 1. The fourth-order valence-electron chi connectivity index (χ4n) is 1.54. The number of anilines is 2. The first kappa shape index (κ1) is 15.2. The molecule has 0 amide bonds. The number of hydrogen-bond acceptors (Lipinski definition) is 8. The van der Waals surface area contributed by atoms with E-state index in [2.05, 4.69) is 10.4 Å². The highest BCUT2D eigenvalue weighted by atomic mass is 32.2. The molecule has 11 heteroatoms. The molecule has 0 spiro atoms. The van der Waals surface area contributed by atoms with Gasteiger partial charge in [-0.25, -0.2) is 14.3 Å². The summed E-state index contributed by atoms with van der Waals surface area (Å²) >= 11 is 0.690. The molecule has 0 fully saturated rings. The number of nitrogens with zero attached hydrogens (tertiary/aromatic N) is 3. The Morgan fingerprint density at radius 1 is 1.52 bits per heavy atom. The summed E-state index contributed by atoms with van der Waals surface area (Å²) in [5.74, 6) is 5.17. The molecule has 0 radical (unpaired) electrons. The molecule has 0 aliphatic rings. The molecule has 0 unspecified atom stereocenters. The van der Waals surface area contributed by atoms with Gasteiger partial charge in [-0.1, -0.05) is 11.3 Å². The smallest absolute Gasteiger partial charge is 0.306 e. The number of rotatable bonds is 5. The van der Waals surface area contributed by atoms with Crippen molar-refractivity contribution in [3.05, 3.63) is 40.7 Å². The molecule has 0 saturated heterocycles. The van der Waals surface area contributed by atoms with Crippen molar-refractivity contribution < 1.29 is 13.3 Å². The summed E-state index contributed by atoms with van der Waals surface area (Å²) in [5, 5.41) is 10.8. The van der Waals surface area contributed by atoms with Crippen LogP contribution in [0.1, 0.15) is 0 Å². The fraction of sp³-hybridized carbons (Fsp3) is 0.100. The van der Waals surface area contributed by atoms with Crippen molar-refractivity contribution in [3.8, 4) is 0 Å². The Morgan fingerprint density at radius 2 is 2.24 bits per heavy atom. The highest BCUT2D eigenvalue weighted by molar-refractivity contribution is 7.94. The summed E-state index contributed by atoms with van der Waals surface area (Å²) in [6.45, 7) is 0. The van der Waals surface area contributed by atoms with Crippen LogP contribution in [0.25, 0.3) is 0 Å². The average molecular weight is 329 g/mol. The van der Waals surface area contributed by atoms with E-state index in [-0.39, 0.29) is 14.9 Å². The molecule has 9 nitrogen and oxygen atoms in total. The second kappa shape index (κ2) is 5.63. The lowest BCUT2D eigenvalue weighted by atomic mass is 10.4. The van der Waals surface area contributed by atoms with Gasteiger partial charge in [0.25, 0.3) is 10.0 Å². The second-order valence-corrected chi connectivity index (χ2v) is 7.11. The second-order valence-electron chi connectivity index (χ2n) is 3.87. The van der Waals surface area contributed by atoms with Crippen LogP contribution in [0, 0.1) is 10.1 Å². The van der Waals surface area contributed by atoms with Gasteiger partial charge in [-0.05, 0) is 12.1 Å². The molecule has 0 bridgehead atoms. The number of hydrazine groups is 1. The zero-order valence-corrected chi connectivity index (χ0v) is 12.4. The topological polar surface area (TPSA) is 131 Å². The molecular weight excluding hydrogens is 318 g/mol. The van der Waals surface area contributed by atoms with Crippen LogP contribution >= 0.6 is 11.3 Å². The van der Waals surface area contributed by atoms with Gasteiger partial charge in [-0.15, -0.1) is 0 Å². The third kappa shape index (κ3) is 2.79. The lowest BCUT2D eigenvalue weighted by molar-refractivity contribution is -0.383. The lowest BCUT2D eigenvalue weighted by Gasteiger charge is -2.17. The Balaban J connectivity index is 2.47. The quantitative estimate of drug-likeness (QED) is 0.478. The molecule has 0 aliphatic carbocycles. The molecule has 112 valence electrons. The van der Waals surface area contributed by atoms with E-state index in [1.165, 1.54) is 19.4 Å². The maximum atomic E-state index is 12.5. The van der Waals surface area contributed by atoms with Crippen molar-refractivity contribution in [3.63, 3.8) is 0 Å². The van der Waals surface area contributed by atoms with Gasteiger partial charge >= 0.3 is 5.69 Å². The summed E-state index contributed by atoms with van der Waals surface area (Å²) in [5.41, 5.74) is 2.08. The van der Waals surface area contributed by atoms with Crippen LogP contribution in [0.3, 0.4) is 0 Å². The van der Waals surface area contributed by atoms with Crippen molar-refractivity contribution in [2.24, 2.45) is 5.84 Å². The van der Waals surface area contributed by atoms with Crippen molar-refractivity contribution in [2.75, 3.05) is 16.8 Å². The van der Waals surface area contributed by atoms with Gasteiger partial charge in [0.2, 0.25) is 0 Å². The third-order valence-electron chi connectivity index (χ3n) is 2.64. The Kier molecular flexibility index (Phi) is 4.06. The van der Waals surface area contributed by atoms with Gasteiger partial charge in [0.05, 0.1) is 16.8 Å². The minimum atomic E-state index is -3.93. The van der Waals surface area contributed by atoms with Gasteiger partial charge in [-0.3, -0.25) is 19.4 Å². The van der Waals surface area contributed by atoms with Gasteiger partial charge in [-0.2, -0.15) is 0 Å². The molecule has 21 heavy (non-hydrogen) atoms. The molecule has 0 aliphatic heterocycles. The zero-order chi connectivity index (χ0) is 15.6. The highest BCUT2D eigenvalue weighted by Gasteiger charge is 2.29. The van der Waals surface area contributed by atoms with Crippen LogP contribution in [-0.2, 0) is 10.0 Å². The fourth-order valence-corrected chi connectivity index (χ4v) is 4.13.